The van der Waals surface area contributed by atoms with Crippen LogP contribution in [0.15, 0.2) is 12.2 Å². The predicted octanol–water partition coefficient (Wildman–Crippen LogP) is 5.85. The van der Waals surface area contributed by atoms with Gasteiger partial charge >= 0.3 is 0 Å². The number of allylic oxidation sites excluding steroid dienone is 2. The molecular weight excluding hydrogens is 320 g/mol. The molecule has 0 saturated carbocycles. The van der Waals surface area contributed by atoms with E-state index in [2.05, 4.69) is 45.5 Å². The third-order valence-corrected chi connectivity index (χ3v) is 4.77. The van der Waals surface area contributed by atoms with E-state index in [1.165, 1.54) is 77.0 Å². The molecule has 0 unspecified atom stereocenters. The number of nitrogens with zero attached hydrogens (tertiary/aromatic N) is 1. The second-order valence-corrected chi connectivity index (χ2v) is 8.70. The van der Waals surface area contributed by atoms with Crippen molar-refractivity contribution in [1.29, 1.82) is 0 Å². The van der Waals surface area contributed by atoms with Crippen molar-refractivity contribution < 1.29 is 9.28 Å². The van der Waals surface area contributed by atoms with Crippen molar-refractivity contribution in [3.8, 4) is 0 Å². The van der Waals surface area contributed by atoms with Crippen LogP contribution in [0.25, 0.3) is 0 Å². The Labute approximate surface area is 164 Å². The zero-order chi connectivity index (χ0) is 19.5. The molecule has 0 atom stereocenters. The van der Waals surface area contributed by atoms with Crippen LogP contribution in [0.2, 0.25) is 0 Å². The summed E-state index contributed by atoms with van der Waals surface area (Å²) in [4.78, 5) is 11.7. The molecule has 3 heteroatoms. The van der Waals surface area contributed by atoms with Crippen LogP contribution >= 0.6 is 0 Å². The molecule has 0 aliphatic heterocycles. The smallest absolute Gasteiger partial charge is 0.220 e. The highest BCUT2D eigenvalue weighted by Crippen LogP contribution is 2.09. The van der Waals surface area contributed by atoms with Crippen LogP contribution in [0, 0.1) is 0 Å². The van der Waals surface area contributed by atoms with Gasteiger partial charge in [-0.2, -0.15) is 0 Å². The summed E-state index contributed by atoms with van der Waals surface area (Å²) in [6, 6.07) is 0. The van der Waals surface area contributed by atoms with Crippen molar-refractivity contribution in [1.82, 2.24) is 5.32 Å². The van der Waals surface area contributed by atoms with E-state index in [0.29, 0.717) is 6.42 Å². The van der Waals surface area contributed by atoms with Gasteiger partial charge < -0.3 is 9.80 Å². The molecule has 0 aromatic heterocycles. The van der Waals surface area contributed by atoms with Crippen LogP contribution in [0.5, 0.6) is 0 Å². The third-order valence-electron chi connectivity index (χ3n) is 4.77. The Bertz CT molecular complexity index is 345. The van der Waals surface area contributed by atoms with Crippen molar-refractivity contribution in [3.63, 3.8) is 0 Å². The summed E-state index contributed by atoms with van der Waals surface area (Å²) < 4.78 is 0.897. The van der Waals surface area contributed by atoms with Gasteiger partial charge in [0.1, 0.15) is 0 Å². The predicted molar refractivity (Wildman–Crippen MR) is 115 cm³/mol. The van der Waals surface area contributed by atoms with Crippen LogP contribution in [-0.4, -0.2) is 44.6 Å². The van der Waals surface area contributed by atoms with E-state index >= 15 is 0 Å². The number of hydrogen-bond acceptors (Lipinski definition) is 1. The van der Waals surface area contributed by atoms with Crippen molar-refractivity contribution in [2.24, 2.45) is 0 Å². The van der Waals surface area contributed by atoms with E-state index in [-0.39, 0.29) is 5.91 Å². The quantitative estimate of drug-likeness (QED) is 0.184. The lowest BCUT2D eigenvalue weighted by Crippen LogP contribution is -2.41. The Morgan fingerprint density at radius 2 is 1.27 bits per heavy atom. The highest BCUT2D eigenvalue weighted by atomic mass is 16.1. The number of likely N-dealkylation sites (N-methyl/N-ethyl adjacent to an activating group) is 1. The van der Waals surface area contributed by atoms with Gasteiger partial charge in [-0.3, -0.25) is 4.79 Å². The van der Waals surface area contributed by atoms with Gasteiger partial charge in [0, 0.05) is 6.42 Å². The molecule has 0 saturated heterocycles. The Morgan fingerprint density at radius 3 is 1.81 bits per heavy atom. The van der Waals surface area contributed by atoms with E-state index in [4.69, 9.17) is 0 Å². The average Bonchev–Trinajstić information content (AvgIpc) is 2.57. The first-order valence-electron chi connectivity index (χ1n) is 11.2. The summed E-state index contributed by atoms with van der Waals surface area (Å²) in [6.45, 7) is 4.04. The van der Waals surface area contributed by atoms with E-state index in [9.17, 15) is 4.79 Å². The number of carbonyl (C=O) groups excluding carboxylic acids is 1. The lowest BCUT2D eigenvalue weighted by Gasteiger charge is -2.23. The molecule has 0 aromatic carbocycles. The first-order valence-corrected chi connectivity index (χ1v) is 11.2. The summed E-state index contributed by atoms with van der Waals surface area (Å²) in [7, 11) is 6.45. The first-order chi connectivity index (χ1) is 12.5. The standard InChI is InChI=1S/C23H46N2O/c1-5-6-7-8-9-10-11-12-13-14-15-16-17-18-19-20-23(26)24-21-22-25(2,3)4/h12-13H,5-11,14-22H2,1-4H3/p+1. The second kappa shape index (κ2) is 17.6. The fourth-order valence-electron chi connectivity index (χ4n) is 2.98. The normalized spacial score (nSPS) is 12.0. The second-order valence-electron chi connectivity index (χ2n) is 8.70. The Kier molecular flexibility index (Phi) is 17.0. The van der Waals surface area contributed by atoms with Crippen LogP contribution in [0.4, 0.5) is 0 Å². The zero-order valence-electron chi connectivity index (χ0n) is 18.3. The number of amides is 1. The summed E-state index contributed by atoms with van der Waals surface area (Å²) in [6.07, 6.45) is 22.3. The lowest BCUT2D eigenvalue weighted by atomic mass is 10.1. The van der Waals surface area contributed by atoms with Gasteiger partial charge in [0.2, 0.25) is 5.91 Å². The Morgan fingerprint density at radius 1 is 0.769 bits per heavy atom. The fraction of sp³-hybridized carbons (Fsp3) is 0.870. The number of rotatable bonds is 18. The van der Waals surface area contributed by atoms with E-state index in [1.54, 1.807) is 0 Å². The topological polar surface area (TPSA) is 29.1 Å². The molecule has 0 aromatic rings. The monoisotopic (exact) mass is 367 g/mol. The molecule has 0 rings (SSSR count). The van der Waals surface area contributed by atoms with Gasteiger partial charge in [0.25, 0.3) is 0 Å². The van der Waals surface area contributed by atoms with Crippen molar-refractivity contribution in [2.45, 2.75) is 96.8 Å². The highest BCUT2D eigenvalue weighted by molar-refractivity contribution is 5.75. The SMILES string of the molecule is CCCCCCCCC=CCCCCCCCC(=O)NCC[N+](C)(C)C. The molecule has 1 amide bonds. The Hall–Kier alpha value is -0.830. The number of unbranched alkanes of at least 4 members (excludes halogenated alkanes) is 11. The molecule has 0 spiro atoms. The number of nitrogens with one attached hydrogen (secondary N) is 1. The summed E-state index contributed by atoms with van der Waals surface area (Å²) >= 11 is 0. The molecular formula is C23H47N2O+. The average molecular weight is 368 g/mol. The van der Waals surface area contributed by atoms with E-state index in [0.717, 1.165) is 24.0 Å². The fourth-order valence-corrected chi connectivity index (χ4v) is 2.98. The van der Waals surface area contributed by atoms with Crippen LogP contribution in [-0.2, 0) is 4.79 Å². The lowest BCUT2D eigenvalue weighted by molar-refractivity contribution is -0.869. The van der Waals surface area contributed by atoms with Crippen molar-refractivity contribution in [3.05, 3.63) is 12.2 Å². The van der Waals surface area contributed by atoms with Crippen LogP contribution < -0.4 is 5.32 Å². The van der Waals surface area contributed by atoms with Gasteiger partial charge in [-0.15, -0.1) is 0 Å². The summed E-state index contributed by atoms with van der Waals surface area (Å²) in [5, 5.41) is 3.03. The molecule has 0 radical (unpaired) electrons. The molecule has 0 aliphatic carbocycles. The maximum absolute atomic E-state index is 11.7. The van der Waals surface area contributed by atoms with Crippen molar-refractivity contribution >= 4 is 5.91 Å². The molecule has 0 aliphatic rings. The zero-order valence-corrected chi connectivity index (χ0v) is 18.3. The van der Waals surface area contributed by atoms with Crippen molar-refractivity contribution in [2.75, 3.05) is 34.2 Å². The molecule has 0 fully saturated rings. The van der Waals surface area contributed by atoms with Gasteiger partial charge in [-0.1, -0.05) is 70.4 Å². The summed E-state index contributed by atoms with van der Waals surface area (Å²) in [5.41, 5.74) is 0. The van der Waals surface area contributed by atoms with Crippen LogP contribution in [0.1, 0.15) is 96.8 Å². The minimum absolute atomic E-state index is 0.219. The van der Waals surface area contributed by atoms with E-state index < -0.39 is 0 Å². The maximum Gasteiger partial charge on any atom is 0.220 e. The number of quaternary nitrogens is 1. The molecule has 1 N–H and O–H groups in total. The molecule has 0 heterocycles. The molecule has 0 bridgehead atoms. The molecule has 154 valence electrons. The van der Waals surface area contributed by atoms with E-state index in [1.807, 2.05) is 0 Å². The van der Waals surface area contributed by atoms with Gasteiger partial charge in [-0.25, -0.2) is 0 Å². The third kappa shape index (κ3) is 21.2. The first kappa shape index (κ1) is 25.2. The minimum Gasteiger partial charge on any atom is -0.350 e. The highest BCUT2D eigenvalue weighted by Gasteiger charge is 2.07. The molecule has 26 heavy (non-hydrogen) atoms. The largest absolute Gasteiger partial charge is 0.350 e. The van der Waals surface area contributed by atoms with Gasteiger partial charge in [0.15, 0.2) is 0 Å². The molecule has 3 nitrogen and oxygen atoms in total. The maximum atomic E-state index is 11.7. The number of carbonyl (C=O) groups is 1. The Balaban J connectivity index is 3.25. The van der Waals surface area contributed by atoms with Gasteiger partial charge in [-0.05, 0) is 32.1 Å². The van der Waals surface area contributed by atoms with Gasteiger partial charge in [0.05, 0.1) is 34.2 Å². The minimum atomic E-state index is 0.219. The van der Waals surface area contributed by atoms with Crippen LogP contribution in [0.3, 0.4) is 0 Å². The summed E-state index contributed by atoms with van der Waals surface area (Å²) in [5.74, 6) is 0.219. The number of hydrogen-bond donors (Lipinski definition) is 1.